The number of nitrogens with zero attached hydrogens (tertiary/aromatic N) is 4. The van der Waals surface area contributed by atoms with Gasteiger partial charge in [-0.1, -0.05) is 58.9 Å². The van der Waals surface area contributed by atoms with Gasteiger partial charge in [0, 0.05) is 29.3 Å². The summed E-state index contributed by atoms with van der Waals surface area (Å²) < 4.78 is 94.6. The van der Waals surface area contributed by atoms with E-state index in [1.807, 2.05) is 30.3 Å². The number of aromatic nitrogens is 4. The molecule has 0 amide bonds. The van der Waals surface area contributed by atoms with Crippen molar-refractivity contribution in [3.8, 4) is 11.3 Å². The Kier molecular flexibility index (Phi) is 8.65. The Bertz CT molecular complexity index is 1620. The molecule has 0 N–H and O–H groups in total. The summed E-state index contributed by atoms with van der Waals surface area (Å²) in [4.78, 5) is 4.06. The smallest absolute Gasteiger partial charge is 0.375 e. The van der Waals surface area contributed by atoms with Crippen molar-refractivity contribution < 1.29 is 40.9 Å². The second-order valence-electron chi connectivity index (χ2n) is 10.2. The highest BCUT2D eigenvalue weighted by Gasteiger charge is 2.52. The second kappa shape index (κ2) is 12.3. The van der Waals surface area contributed by atoms with E-state index in [9.17, 15) is 22.0 Å². The van der Waals surface area contributed by atoms with Crippen LogP contribution in [0.1, 0.15) is 29.2 Å². The van der Waals surface area contributed by atoms with Gasteiger partial charge in [-0.15, -0.1) is 5.10 Å². The van der Waals surface area contributed by atoms with Crippen molar-refractivity contribution in [2.24, 2.45) is 0 Å². The molecule has 2 aliphatic heterocycles. The second-order valence-corrected chi connectivity index (χ2v) is 11.7. The number of ether oxygens (including phenoxy) is 4. The first-order chi connectivity index (χ1) is 21.0. The van der Waals surface area contributed by atoms with Crippen LogP contribution in [0.25, 0.3) is 11.3 Å². The molecule has 6 rings (SSSR count). The van der Waals surface area contributed by atoms with E-state index in [2.05, 4.69) is 15.3 Å². The summed E-state index contributed by atoms with van der Waals surface area (Å²) in [6.07, 6.45) is -4.82. The third-order valence-corrected chi connectivity index (χ3v) is 8.79. The van der Waals surface area contributed by atoms with E-state index in [0.717, 1.165) is 35.7 Å². The average Bonchev–Trinajstić information content (AvgIpc) is 3.48. The van der Waals surface area contributed by atoms with Crippen LogP contribution in [0, 0.1) is 18.6 Å². The van der Waals surface area contributed by atoms with Gasteiger partial charge < -0.3 is 18.9 Å². The molecule has 3 unspecified atom stereocenters. The number of rotatable bonds is 6. The molecule has 8 nitrogen and oxygen atoms in total. The van der Waals surface area contributed by atoms with Crippen molar-refractivity contribution in [2.75, 3.05) is 13.7 Å². The number of fused-ring (bicyclic) bond motifs is 1. The normalized spacial score (nSPS) is 25.5. The van der Waals surface area contributed by atoms with Crippen molar-refractivity contribution in [3.63, 3.8) is 0 Å². The molecular weight excluding hydrogens is 631 g/mol. The van der Waals surface area contributed by atoms with Crippen molar-refractivity contribution in [3.05, 3.63) is 94.4 Å². The number of methoxy groups -OCH3 is 1. The van der Waals surface area contributed by atoms with Crippen molar-refractivity contribution in [1.82, 2.24) is 20.0 Å². The number of alkyl halides is 3. The van der Waals surface area contributed by atoms with E-state index in [1.54, 1.807) is 0 Å². The highest BCUT2D eigenvalue weighted by Crippen LogP contribution is 2.45. The van der Waals surface area contributed by atoms with Gasteiger partial charge in [-0.3, -0.25) is 4.98 Å². The van der Waals surface area contributed by atoms with Crippen molar-refractivity contribution in [1.29, 1.82) is 0 Å². The molecule has 0 bridgehead atoms. The number of benzene rings is 2. The molecule has 0 aliphatic carbocycles. The summed E-state index contributed by atoms with van der Waals surface area (Å²) in [6.45, 7) is 1.45. The molecule has 6 atom stereocenters. The fraction of sp³-hybridized carbons (Fsp3) is 0.345. The molecule has 0 spiro atoms. The van der Waals surface area contributed by atoms with Crippen LogP contribution >= 0.6 is 23.4 Å². The molecule has 2 aromatic carbocycles. The van der Waals surface area contributed by atoms with Gasteiger partial charge in [0.2, 0.25) is 0 Å². The number of hydrogen-bond donors (Lipinski definition) is 0. The lowest BCUT2D eigenvalue weighted by molar-refractivity contribution is -0.308. The SMILES string of the molecule is COC1[C@@H](Sc2cnc(C(F)(F)F)c(C)c2)OC2COC(c3ccccc3)O[C@@H]2[C@@H]1n1cc(-c2cc(F)c(Cl)c(F)c2)nn1. The molecule has 2 saturated heterocycles. The van der Waals surface area contributed by atoms with Crippen LogP contribution in [0.4, 0.5) is 22.0 Å². The van der Waals surface area contributed by atoms with Gasteiger partial charge in [0.05, 0.1) is 12.8 Å². The van der Waals surface area contributed by atoms with Gasteiger partial charge >= 0.3 is 6.18 Å². The lowest BCUT2D eigenvalue weighted by Gasteiger charge is -2.48. The summed E-state index contributed by atoms with van der Waals surface area (Å²) >= 11 is 6.78. The Labute approximate surface area is 257 Å². The maximum atomic E-state index is 14.2. The maximum Gasteiger partial charge on any atom is 0.433 e. The first-order valence-electron chi connectivity index (χ1n) is 13.3. The van der Waals surface area contributed by atoms with Gasteiger partial charge in [0.25, 0.3) is 0 Å². The van der Waals surface area contributed by atoms with Crippen LogP contribution in [0.3, 0.4) is 0 Å². The van der Waals surface area contributed by atoms with Crippen LogP contribution in [0.2, 0.25) is 5.02 Å². The van der Waals surface area contributed by atoms with Crippen LogP contribution in [-0.2, 0) is 25.1 Å². The minimum atomic E-state index is -4.59. The highest BCUT2D eigenvalue weighted by atomic mass is 35.5. The summed E-state index contributed by atoms with van der Waals surface area (Å²) in [7, 11) is 1.46. The molecule has 44 heavy (non-hydrogen) atoms. The fourth-order valence-corrected chi connectivity index (χ4v) is 6.64. The molecular formula is C29H24ClF5N4O4S. The molecule has 0 radical (unpaired) electrons. The summed E-state index contributed by atoms with van der Waals surface area (Å²) in [5, 5.41) is 7.77. The third kappa shape index (κ3) is 6.06. The number of aryl methyl sites for hydroxylation is 1. The van der Waals surface area contributed by atoms with E-state index in [-0.39, 0.29) is 23.4 Å². The van der Waals surface area contributed by atoms with Gasteiger partial charge in [0.1, 0.15) is 57.8 Å². The van der Waals surface area contributed by atoms with Gasteiger partial charge in [-0.2, -0.15) is 13.2 Å². The van der Waals surface area contributed by atoms with Crippen LogP contribution < -0.4 is 0 Å². The Morgan fingerprint density at radius 3 is 2.45 bits per heavy atom. The predicted molar refractivity (Wildman–Crippen MR) is 149 cm³/mol. The lowest BCUT2D eigenvalue weighted by atomic mass is 9.95. The Morgan fingerprint density at radius 1 is 1.07 bits per heavy atom. The minimum Gasteiger partial charge on any atom is -0.375 e. The number of hydrogen-bond acceptors (Lipinski definition) is 8. The van der Waals surface area contributed by atoms with E-state index < -0.39 is 64.6 Å². The molecule has 2 fully saturated rings. The zero-order chi connectivity index (χ0) is 31.2. The van der Waals surface area contributed by atoms with E-state index in [4.69, 9.17) is 30.5 Å². The molecule has 232 valence electrons. The van der Waals surface area contributed by atoms with E-state index in [1.165, 1.54) is 31.0 Å². The summed E-state index contributed by atoms with van der Waals surface area (Å²) in [6, 6.07) is 12.0. The van der Waals surface area contributed by atoms with Crippen molar-refractivity contribution >= 4 is 23.4 Å². The monoisotopic (exact) mass is 654 g/mol. The van der Waals surface area contributed by atoms with Gasteiger partial charge in [0.15, 0.2) is 6.29 Å². The molecule has 4 aromatic rings. The maximum absolute atomic E-state index is 14.2. The zero-order valence-corrected chi connectivity index (χ0v) is 24.6. The van der Waals surface area contributed by atoms with Gasteiger partial charge in [-0.25, -0.2) is 13.5 Å². The molecule has 4 heterocycles. The quantitative estimate of drug-likeness (QED) is 0.166. The van der Waals surface area contributed by atoms with Crippen LogP contribution in [0.5, 0.6) is 0 Å². The average molecular weight is 655 g/mol. The van der Waals surface area contributed by atoms with Gasteiger partial charge in [-0.05, 0) is 30.7 Å². The highest BCUT2D eigenvalue weighted by molar-refractivity contribution is 7.99. The van der Waals surface area contributed by atoms with E-state index in [0.29, 0.717) is 4.90 Å². The molecule has 15 heteroatoms. The van der Waals surface area contributed by atoms with E-state index >= 15 is 0 Å². The van der Waals surface area contributed by atoms with Crippen LogP contribution in [-0.4, -0.2) is 57.4 Å². The number of thioether (sulfide) groups is 1. The molecule has 2 aliphatic rings. The van der Waals surface area contributed by atoms with Crippen molar-refractivity contribution in [2.45, 2.75) is 54.1 Å². The number of pyridine rings is 1. The Hall–Kier alpha value is -3.14. The third-order valence-electron chi connectivity index (χ3n) is 7.32. The minimum absolute atomic E-state index is 0.0416. The molecule has 0 saturated carbocycles. The largest absolute Gasteiger partial charge is 0.433 e. The summed E-state index contributed by atoms with van der Waals surface area (Å²) in [5.41, 5.74) is -0.745. The van der Waals surface area contributed by atoms with Crippen LogP contribution in [0.15, 0.2) is 65.8 Å². The zero-order valence-electron chi connectivity index (χ0n) is 23.0. The number of halogens is 6. The Morgan fingerprint density at radius 2 is 1.80 bits per heavy atom. The first kappa shape index (κ1) is 30.9. The Balaban J connectivity index is 1.36. The standard InChI is InChI=1S/C29H24ClF5N4O4S/c1-14-8-17(11-36-26(14)29(33,34)35)44-28-25(40-2)23(24-21(42-28)13-41-27(43-24)15-6-4-3-5-7-15)39-12-20(37-38-39)16-9-18(31)22(30)19(32)10-16/h3-12,21,23-25,27-28H,13H2,1-2H3/t21?,23-,24-,25?,27?,28+/m0/s1. The predicted octanol–water partition coefficient (Wildman–Crippen LogP) is 6.79. The lowest BCUT2D eigenvalue weighted by Crippen LogP contribution is -2.59. The summed E-state index contributed by atoms with van der Waals surface area (Å²) in [5.74, 6) is -1.90. The first-order valence-corrected chi connectivity index (χ1v) is 14.6. The molecule has 2 aromatic heterocycles. The fourth-order valence-electron chi connectivity index (χ4n) is 5.30. The topological polar surface area (TPSA) is 80.5 Å².